The topological polar surface area (TPSA) is 43.1 Å². The van der Waals surface area contributed by atoms with Gasteiger partial charge < -0.3 is 4.52 Å². The van der Waals surface area contributed by atoms with Crippen LogP contribution in [-0.4, -0.2) is 10.9 Å². The summed E-state index contributed by atoms with van der Waals surface area (Å²) < 4.78 is 5.00. The summed E-state index contributed by atoms with van der Waals surface area (Å²) in [5, 5.41) is 3.93. The highest BCUT2D eigenvalue weighted by molar-refractivity contribution is 7.98. The molecule has 1 heterocycles. The van der Waals surface area contributed by atoms with Crippen molar-refractivity contribution >= 4 is 17.5 Å². The maximum Gasteiger partial charge on any atom is 0.159 e. The van der Waals surface area contributed by atoms with Crippen LogP contribution < -0.4 is 0 Å². The van der Waals surface area contributed by atoms with E-state index >= 15 is 0 Å². The summed E-state index contributed by atoms with van der Waals surface area (Å²) in [6, 6.07) is 9.52. The van der Waals surface area contributed by atoms with Gasteiger partial charge in [0.05, 0.1) is 5.69 Å². The average Bonchev–Trinajstić information content (AvgIpc) is 2.73. The Labute approximate surface area is 104 Å². The monoisotopic (exact) mass is 247 g/mol. The Balaban J connectivity index is 1.97. The van der Waals surface area contributed by atoms with Crippen molar-refractivity contribution in [1.29, 1.82) is 0 Å². The van der Waals surface area contributed by atoms with Crippen LogP contribution in [-0.2, 0) is 5.75 Å². The first-order valence-electron chi connectivity index (χ1n) is 5.31. The highest BCUT2D eigenvalue weighted by atomic mass is 32.2. The van der Waals surface area contributed by atoms with Gasteiger partial charge in [-0.2, -0.15) is 0 Å². The fraction of sp³-hybridized carbons (Fsp3) is 0.231. The lowest BCUT2D eigenvalue weighted by atomic mass is 10.2. The van der Waals surface area contributed by atoms with Gasteiger partial charge in [-0.15, -0.1) is 11.8 Å². The number of Topliss-reactive ketones (excluding diaryl/α,β-unsaturated/α-hetero) is 1. The second-order valence-electron chi connectivity index (χ2n) is 3.80. The smallest absolute Gasteiger partial charge is 0.159 e. The second-order valence-corrected chi connectivity index (χ2v) is 4.85. The lowest BCUT2D eigenvalue weighted by molar-refractivity contribution is 0.101. The van der Waals surface area contributed by atoms with E-state index in [-0.39, 0.29) is 5.78 Å². The molecule has 2 rings (SSSR count). The molecular weight excluding hydrogens is 234 g/mol. The molecule has 0 fully saturated rings. The van der Waals surface area contributed by atoms with E-state index in [4.69, 9.17) is 4.52 Å². The summed E-state index contributed by atoms with van der Waals surface area (Å²) in [6.45, 7) is 3.45. The number of carbonyl (C=O) groups is 1. The quantitative estimate of drug-likeness (QED) is 0.613. The maximum absolute atomic E-state index is 11.1. The molecule has 4 heteroatoms. The van der Waals surface area contributed by atoms with Crippen LogP contribution in [0.2, 0.25) is 0 Å². The third kappa shape index (κ3) is 3.20. The number of aryl methyl sites for hydroxylation is 1. The Hall–Kier alpha value is -1.55. The largest absolute Gasteiger partial charge is 0.361 e. The first-order valence-corrected chi connectivity index (χ1v) is 6.30. The Bertz CT molecular complexity index is 516. The number of aromatic nitrogens is 1. The first-order chi connectivity index (χ1) is 8.15. The van der Waals surface area contributed by atoms with Gasteiger partial charge in [0.15, 0.2) is 5.78 Å². The van der Waals surface area contributed by atoms with Crippen LogP contribution in [0.1, 0.15) is 28.7 Å². The fourth-order valence-corrected chi connectivity index (χ4v) is 2.21. The molecule has 0 unspecified atom stereocenters. The molecule has 3 nitrogen and oxygen atoms in total. The number of hydrogen-bond acceptors (Lipinski definition) is 4. The van der Waals surface area contributed by atoms with Gasteiger partial charge >= 0.3 is 0 Å². The molecule has 0 bridgehead atoms. The molecule has 0 saturated carbocycles. The number of ketones is 1. The highest BCUT2D eigenvalue weighted by Crippen LogP contribution is 2.22. The van der Waals surface area contributed by atoms with Gasteiger partial charge in [-0.25, -0.2) is 0 Å². The van der Waals surface area contributed by atoms with Crippen molar-refractivity contribution in [3.05, 3.63) is 47.3 Å². The van der Waals surface area contributed by atoms with E-state index in [1.165, 1.54) is 0 Å². The minimum Gasteiger partial charge on any atom is -0.361 e. The maximum atomic E-state index is 11.1. The number of carbonyl (C=O) groups excluding carboxylic acids is 1. The van der Waals surface area contributed by atoms with Gasteiger partial charge in [0, 0.05) is 22.3 Å². The van der Waals surface area contributed by atoms with Crippen LogP contribution in [0, 0.1) is 6.92 Å². The van der Waals surface area contributed by atoms with Gasteiger partial charge in [0.2, 0.25) is 0 Å². The average molecular weight is 247 g/mol. The zero-order valence-corrected chi connectivity index (χ0v) is 10.6. The molecule has 0 saturated heterocycles. The van der Waals surface area contributed by atoms with Crippen LogP contribution in [0.4, 0.5) is 0 Å². The lowest BCUT2D eigenvalue weighted by Crippen LogP contribution is -1.90. The van der Waals surface area contributed by atoms with Crippen molar-refractivity contribution in [2.24, 2.45) is 0 Å². The normalized spacial score (nSPS) is 10.5. The summed E-state index contributed by atoms with van der Waals surface area (Å²) in [7, 11) is 0. The SMILES string of the molecule is CC(=O)c1ccc(SCc2cc(C)on2)cc1. The van der Waals surface area contributed by atoms with E-state index in [1.807, 2.05) is 37.3 Å². The standard InChI is InChI=1S/C13H13NO2S/c1-9-7-12(14-16-9)8-17-13-5-3-11(4-6-13)10(2)15/h3-7H,8H2,1-2H3. The van der Waals surface area contributed by atoms with Crippen LogP contribution in [0.25, 0.3) is 0 Å². The van der Waals surface area contributed by atoms with Crippen LogP contribution in [0.3, 0.4) is 0 Å². The minimum atomic E-state index is 0.0914. The van der Waals surface area contributed by atoms with E-state index in [9.17, 15) is 4.79 Å². The number of hydrogen-bond donors (Lipinski definition) is 0. The third-order valence-corrected chi connectivity index (χ3v) is 3.37. The molecule has 0 aliphatic heterocycles. The van der Waals surface area contributed by atoms with Crippen molar-refractivity contribution < 1.29 is 9.32 Å². The minimum absolute atomic E-state index is 0.0914. The molecule has 1 aromatic carbocycles. The van der Waals surface area contributed by atoms with E-state index in [2.05, 4.69) is 5.16 Å². The van der Waals surface area contributed by atoms with Crippen LogP contribution >= 0.6 is 11.8 Å². The first kappa shape index (κ1) is 11.9. The summed E-state index contributed by atoms with van der Waals surface area (Å²) in [5.41, 5.74) is 1.68. The molecule has 0 spiro atoms. The van der Waals surface area contributed by atoms with Gasteiger partial charge in [-0.3, -0.25) is 4.79 Å². The van der Waals surface area contributed by atoms with Gasteiger partial charge in [-0.05, 0) is 26.0 Å². The van der Waals surface area contributed by atoms with Gasteiger partial charge in [-0.1, -0.05) is 17.3 Å². The molecule has 17 heavy (non-hydrogen) atoms. The molecule has 0 aliphatic carbocycles. The summed E-state index contributed by atoms with van der Waals surface area (Å²) in [6.07, 6.45) is 0. The third-order valence-electron chi connectivity index (χ3n) is 2.32. The molecule has 2 aromatic rings. The van der Waals surface area contributed by atoms with Crippen molar-refractivity contribution in [3.8, 4) is 0 Å². The fourth-order valence-electron chi connectivity index (χ4n) is 1.43. The van der Waals surface area contributed by atoms with Crippen molar-refractivity contribution in [2.75, 3.05) is 0 Å². The summed E-state index contributed by atoms with van der Waals surface area (Å²) >= 11 is 1.67. The molecule has 0 radical (unpaired) electrons. The van der Waals surface area contributed by atoms with E-state index < -0.39 is 0 Å². The predicted molar refractivity (Wildman–Crippen MR) is 67.2 cm³/mol. The number of nitrogens with zero attached hydrogens (tertiary/aromatic N) is 1. The van der Waals surface area contributed by atoms with E-state index in [1.54, 1.807) is 18.7 Å². The molecule has 0 amide bonds. The zero-order valence-electron chi connectivity index (χ0n) is 9.77. The molecule has 1 aromatic heterocycles. The second kappa shape index (κ2) is 5.19. The van der Waals surface area contributed by atoms with Crippen molar-refractivity contribution in [3.63, 3.8) is 0 Å². The molecular formula is C13H13NO2S. The Kier molecular flexibility index (Phi) is 3.64. The molecule has 0 atom stereocenters. The Morgan fingerprint density at radius 1 is 1.35 bits per heavy atom. The molecule has 0 aliphatic rings. The molecule has 0 N–H and O–H groups in total. The van der Waals surface area contributed by atoms with Gasteiger partial charge in [0.1, 0.15) is 5.76 Å². The zero-order chi connectivity index (χ0) is 12.3. The van der Waals surface area contributed by atoms with Crippen molar-refractivity contribution in [2.45, 2.75) is 24.5 Å². The molecule has 88 valence electrons. The lowest BCUT2D eigenvalue weighted by Gasteiger charge is -2.00. The summed E-state index contributed by atoms with van der Waals surface area (Å²) in [4.78, 5) is 12.2. The summed E-state index contributed by atoms with van der Waals surface area (Å²) in [5.74, 6) is 1.69. The Morgan fingerprint density at radius 2 is 2.06 bits per heavy atom. The number of rotatable bonds is 4. The van der Waals surface area contributed by atoms with Crippen LogP contribution in [0.15, 0.2) is 39.8 Å². The predicted octanol–water partition coefficient (Wildman–Crippen LogP) is 3.48. The highest BCUT2D eigenvalue weighted by Gasteiger charge is 2.03. The van der Waals surface area contributed by atoms with Crippen molar-refractivity contribution in [1.82, 2.24) is 5.16 Å². The van der Waals surface area contributed by atoms with E-state index in [0.29, 0.717) is 0 Å². The van der Waals surface area contributed by atoms with Crippen LogP contribution in [0.5, 0.6) is 0 Å². The Morgan fingerprint density at radius 3 is 2.59 bits per heavy atom. The van der Waals surface area contributed by atoms with Gasteiger partial charge in [0.25, 0.3) is 0 Å². The van der Waals surface area contributed by atoms with E-state index in [0.717, 1.165) is 27.7 Å². The number of thioether (sulfide) groups is 1. The number of benzene rings is 1.